The van der Waals surface area contributed by atoms with Gasteiger partial charge in [-0.05, 0) is 18.3 Å². The summed E-state index contributed by atoms with van der Waals surface area (Å²) in [6.07, 6.45) is 3.59. The molecule has 0 aromatic carbocycles. The summed E-state index contributed by atoms with van der Waals surface area (Å²) in [7, 11) is 1.81. The molecule has 0 bridgehead atoms. The zero-order valence-corrected chi connectivity index (χ0v) is 13.8. The summed E-state index contributed by atoms with van der Waals surface area (Å²) < 4.78 is 0.828. The molecule has 20 heavy (non-hydrogen) atoms. The average molecular weight is 314 g/mol. The highest BCUT2D eigenvalue weighted by Crippen LogP contribution is 2.30. The van der Waals surface area contributed by atoms with Crippen molar-refractivity contribution >= 4 is 34.1 Å². The number of carbonyl (C=O) groups is 1. The highest BCUT2D eigenvalue weighted by Gasteiger charge is 2.28. The van der Waals surface area contributed by atoms with Crippen LogP contribution in [-0.2, 0) is 4.79 Å². The maximum atomic E-state index is 12.0. The summed E-state index contributed by atoms with van der Waals surface area (Å²) in [6.45, 7) is 4.52. The first-order chi connectivity index (χ1) is 9.60. The minimum Gasteiger partial charge on any atom is -0.363 e. The lowest BCUT2D eigenvalue weighted by atomic mass is 9.78. The maximum Gasteiger partial charge on any atom is 0.230 e. The Balaban J connectivity index is 1.77. The Morgan fingerprint density at radius 1 is 1.40 bits per heavy atom. The molecule has 1 aliphatic rings. The van der Waals surface area contributed by atoms with E-state index in [0.717, 1.165) is 15.9 Å². The van der Waals surface area contributed by atoms with Gasteiger partial charge < -0.3 is 10.6 Å². The monoisotopic (exact) mass is 314 g/mol. The third kappa shape index (κ3) is 4.09. The van der Waals surface area contributed by atoms with Gasteiger partial charge in [0.05, 0.1) is 5.75 Å². The van der Waals surface area contributed by atoms with Crippen molar-refractivity contribution in [1.82, 2.24) is 15.5 Å². The summed E-state index contributed by atoms with van der Waals surface area (Å²) >= 11 is 2.92. The molecule has 0 spiro atoms. The molecule has 5 nitrogen and oxygen atoms in total. The molecule has 0 aliphatic heterocycles. The van der Waals surface area contributed by atoms with Gasteiger partial charge in [0, 0.05) is 13.1 Å². The van der Waals surface area contributed by atoms with E-state index in [1.807, 2.05) is 7.05 Å². The zero-order valence-electron chi connectivity index (χ0n) is 12.2. The second-order valence-corrected chi connectivity index (χ2v) is 7.55. The van der Waals surface area contributed by atoms with Crippen molar-refractivity contribution in [3.8, 4) is 0 Å². The van der Waals surface area contributed by atoms with E-state index in [9.17, 15) is 4.79 Å². The molecular weight excluding hydrogens is 292 g/mol. The van der Waals surface area contributed by atoms with Crippen LogP contribution in [0.15, 0.2) is 4.34 Å². The van der Waals surface area contributed by atoms with Gasteiger partial charge in [-0.15, -0.1) is 10.2 Å². The molecule has 1 aromatic heterocycles. The maximum absolute atomic E-state index is 12.0. The molecule has 2 rings (SSSR count). The van der Waals surface area contributed by atoms with Crippen LogP contribution in [0.25, 0.3) is 0 Å². The molecule has 1 amide bonds. The topological polar surface area (TPSA) is 66.9 Å². The molecule has 1 heterocycles. The van der Waals surface area contributed by atoms with Crippen LogP contribution in [0.2, 0.25) is 0 Å². The number of rotatable bonds is 5. The molecule has 1 fully saturated rings. The van der Waals surface area contributed by atoms with E-state index in [1.54, 1.807) is 0 Å². The Hall–Kier alpha value is -0.820. The Morgan fingerprint density at radius 3 is 2.90 bits per heavy atom. The van der Waals surface area contributed by atoms with Crippen LogP contribution < -0.4 is 10.6 Å². The van der Waals surface area contributed by atoms with E-state index in [0.29, 0.717) is 23.6 Å². The molecule has 1 saturated carbocycles. The van der Waals surface area contributed by atoms with Gasteiger partial charge in [-0.1, -0.05) is 49.8 Å². The third-order valence-electron chi connectivity index (χ3n) is 4.00. The summed E-state index contributed by atoms with van der Waals surface area (Å²) in [4.78, 5) is 12.0. The predicted octanol–water partition coefficient (Wildman–Crippen LogP) is 2.61. The average Bonchev–Trinajstić information content (AvgIpc) is 2.90. The Kier molecular flexibility index (Phi) is 5.65. The van der Waals surface area contributed by atoms with Gasteiger partial charge in [-0.25, -0.2) is 0 Å². The predicted molar refractivity (Wildman–Crippen MR) is 84.3 cm³/mol. The number of hydrogen-bond acceptors (Lipinski definition) is 6. The first-order valence-electron chi connectivity index (χ1n) is 7.03. The van der Waals surface area contributed by atoms with Gasteiger partial charge in [0.2, 0.25) is 11.0 Å². The van der Waals surface area contributed by atoms with Crippen LogP contribution in [-0.4, -0.2) is 34.9 Å². The van der Waals surface area contributed by atoms with E-state index in [-0.39, 0.29) is 5.91 Å². The van der Waals surface area contributed by atoms with Crippen molar-refractivity contribution in [3.63, 3.8) is 0 Å². The van der Waals surface area contributed by atoms with Crippen molar-refractivity contribution in [2.24, 2.45) is 11.8 Å². The number of thioether (sulfide) groups is 1. The van der Waals surface area contributed by atoms with Gasteiger partial charge >= 0.3 is 0 Å². The van der Waals surface area contributed by atoms with Gasteiger partial charge in [0.1, 0.15) is 0 Å². The number of amides is 1. The lowest BCUT2D eigenvalue weighted by molar-refractivity contribution is -0.119. The summed E-state index contributed by atoms with van der Waals surface area (Å²) in [5.41, 5.74) is 0. The fraction of sp³-hybridized carbons (Fsp3) is 0.769. The SMILES string of the molecule is CNc1nnc(SCC(=O)N[C@H]2CCC[C@H](C)[C@H]2C)s1. The minimum absolute atomic E-state index is 0.0992. The standard InChI is InChI=1S/C13H22N4OS2/c1-8-5-4-6-10(9(8)2)15-11(18)7-19-13-17-16-12(14-3)20-13/h8-10H,4-7H2,1-3H3,(H,14,16)(H,15,18)/t8-,9+,10-/m0/s1. The number of hydrogen-bond donors (Lipinski definition) is 2. The van der Waals surface area contributed by atoms with Crippen molar-refractivity contribution in [2.45, 2.75) is 43.5 Å². The summed E-state index contributed by atoms with van der Waals surface area (Å²) in [6, 6.07) is 0.328. The van der Waals surface area contributed by atoms with Crippen LogP contribution in [0.4, 0.5) is 5.13 Å². The van der Waals surface area contributed by atoms with E-state index in [1.165, 1.54) is 35.9 Å². The molecule has 1 aromatic rings. The third-order valence-corrected chi connectivity index (χ3v) is 6.07. The molecule has 1 aliphatic carbocycles. The van der Waals surface area contributed by atoms with Crippen molar-refractivity contribution in [3.05, 3.63) is 0 Å². The van der Waals surface area contributed by atoms with E-state index in [2.05, 4.69) is 34.7 Å². The molecule has 0 radical (unpaired) electrons. The van der Waals surface area contributed by atoms with Crippen molar-refractivity contribution < 1.29 is 4.79 Å². The smallest absolute Gasteiger partial charge is 0.230 e. The van der Waals surface area contributed by atoms with Gasteiger partial charge in [0.25, 0.3) is 0 Å². The normalized spacial score (nSPS) is 26.2. The van der Waals surface area contributed by atoms with E-state index < -0.39 is 0 Å². The first-order valence-corrected chi connectivity index (χ1v) is 8.83. The lowest BCUT2D eigenvalue weighted by Gasteiger charge is -2.34. The minimum atomic E-state index is 0.0992. The lowest BCUT2D eigenvalue weighted by Crippen LogP contribution is -2.44. The van der Waals surface area contributed by atoms with E-state index in [4.69, 9.17) is 0 Å². The fourth-order valence-electron chi connectivity index (χ4n) is 2.53. The zero-order chi connectivity index (χ0) is 14.5. The second kappa shape index (κ2) is 7.26. The van der Waals surface area contributed by atoms with Crippen molar-refractivity contribution in [1.29, 1.82) is 0 Å². The number of nitrogens with one attached hydrogen (secondary N) is 2. The second-order valence-electron chi connectivity index (χ2n) is 5.35. The van der Waals surface area contributed by atoms with Gasteiger partial charge in [-0.2, -0.15) is 0 Å². The van der Waals surface area contributed by atoms with Crippen LogP contribution in [0.3, 0.4) is 0 Å². The van der Waals surface area contributed by atoms with Crippen LogP contribution in [0.1, 0.15) is 33.1 Å². The molecule has 7 heteroatoms. The van der Waals surface area contributed by atoms with Crippen LogP contribution >= 0.6 is 23.1 Å². The number of nitrogens with zero attached hydrogens (tertiary/aromatic N) is 2. The van der Waals surface area contributed by atoms with Gasteiger partial charge in [-0.3, -0.25) is 4.79 Å². The molecule has 2 N–H and O–H groups in total. The Bertz CT molecular complexity index is 451. The molecule has 3 atom stereocenters. The molecular formula is C13H22N4OS2. The number of carbonyl (C=O) groups excluding carboxylic acids is 1. The number of anilines is 1. The quantitative estimate of drug-likeness (QED) is 0.818. The molecule has 0 saturated heterocycles. The highest BCUT2D eigenvalue weighted by atomic mass is 32.2. The summed E-state index contributed by atoms with van der Waals surface area (Å²) in [5, 5.41) is 14.9. The Morgan fingerprint density at radius 2 is 2.20 bits per heavy atom. The largest absolute Gasteiger partial charge is 0.363 e. The highest BCUT2D eigenvalue weighted by molar-refractivity contribution is 8.01. The molecule has 0 unspecified atom stereocenters. The van der Waals surface area contributed by atoms with Crippen LogP contribution in [0, 0.1) is 11.8 Å². The van der Waals surface area contributed by atoms with E-state index >= 15 is 0 Å². The fourth-order valence-corrected chi connectivity index (χ4v) is 4.05. The number of aromatic nitrogens is 2. The van der Waals surface area contributed by atoms with Crippen LogP contribution in [0.5, 0.6) is 0 Å². The molecule has 112 valence electrons. The Labute approximate surface area is 128 Å². The van der Waals surface area contributed by atoms with Gasteiger partial charge in [0.15, 0.2) is 4.34 Å². The first kappa shape index (κ1) is 15.6. The van der Waals surface area contributed by atoms with Crippen molar-refractivity contribution in [2.75, 3.05) is 18.1 Å². The summed E-state index contributed by atoms with van der Waals surface area (Å²) in [5.74, 6) is 1.77.